The van der Waals surface area contributed by atoms with Gasteiger partial charge in [-0.15, -0.1) is 0 Å². The van der Waals surface area contributed by atoms with E-state index in [1.165, 1.54) is 7.05 Å². The number of fused-ring (bicyclic) bond motifs is 1. The molecule has 1 saturated heterocycles. The molecule has 3 heterocycles. The molecule has 0 unspecified atom stereocenters. The summed E-state index contributed by atoms with van der Waals surface area (Å²) in [6.07, 6.45) is 3.21. The van der Waals surface area contributed by atoms with Crippen molar-refractivity contribution in [2.24, 2.45) is 5.41 Å². The summed E-state index contributed by atoms with van der Waals surface area (Å²) in [5.74, 6) is -4.88. The molecule has 5 rings (SSSR count). The molecule has 2 aromatic heterocycles. The Balaban J connectivity index is 1.57. The van der Waals surface area contributed by atoms with Crippen LogP contribution >= 0.6 is 0 Å². The second-order valence-electron chi connectivity index (χ2n) is 9.84. The van der Waals surface area contributed by atoms with E-state index in [2.05, 4.69) is 10.3 Å². The number of ether oxygens (including phenoxy) is 1. The van der Waals surface area contributed by atoms with Gasteiger partial charge in [-0.3, -0.25) is 9.59 Å². The Morgan fingerprint density at radius 2 is 1.97 bits per heavy atom. The SMILES string of the molecule is CNC(=O)c1cc(F)c(-c2nc3cc(C)ccn3c2C[C@H]2CN(C(=O)C3(C)CC3)CCO2)c(F)c1F. The van der Waals surface area contributed by atoms with Crippen LogP contribution < -0.4 is 5.32 Å². The van der Waals surface area contributed by atoms with Crippen molar-refractivity contribution in [3.63, 3.8) is 0 Å². The molecule has 7 nitrogen and oxygen atoms in total. The van der Waals surface area contributed by atoms with Gasteiger partial charge in [0.2, 0.25) is 5.91 Å². The summed E-state index contributed by atoms with van der Waals surface area (Å²) in [6, 6.07) is 4.26. The minimum absolute atomic E-state index is 0.0702. The summed E-state index contributed by atoms with van der Waals surface area (Å²) in [7, 11) is 1.25. The number of hydrogen-bond donors (Lipinski definition) is 1. The summed E-state index contributed by atoms with van der Waals surface area (Å²) in [5, 5.41) is 2.18. The van der Waals surface area contributed by atoms with Gasteiger partial charge in [0.1, 0.15) is 11.5 Å². The second-order valence-corrected chi connectivity index (χ2v) is 9.84. The smallest absolute Gasteiger partial charge is 0.254 e. The lowest BCUT2D eigenvalue weighted by molar-refractivity contribution is -0.143. The average molecular weight is 501 g/mol. The number of pyridine rings is 1. The molecule has 2 fully saturated rings. The first-order valence-corrected chi connectivity index (χ1v) is 11.9. The van der Waals surface area contributed by atoms with Crippen LogP contribution in [-0.4, -0.2) is 58.9 Å². The molecule has 3 aromatic rings. The minimum atomic E-state index is -1.49. The number of hydrogen-bond acceptors (Lipinski definition) is 4. The highest BCUT2D eigenvalue weighted by Gasteiger charge is 2.47. The van der Waals surface area contributed by atoms with Crippen molar-refractivity contribution in [3.05, 3.63) is 58.7 Å². The number of benzene rings is 1. The van der Waals surface area contributed by atoms with E-state index in [1.807, 2.05) is 19.9 Å². The maximum Gasteiger partial charge on any atom is 0.254 e. The fourth-order valence-electron chi connectivity index (χ4n) is 4.73. The maximum atomic E-state index is 15.2. The molecule has 2 amide bonds. The van der Waals surface area contributed by atoms with E-state index >= 15 is 8.78 Å². The van der Waals surface area contributed by atoms with Crippen molar-refractivity contribution in [2.75, 3.05) is 26.7 Å². The first kappa shape index (κ1) is 24.3. The zero-order chi connectivity index (χ0) is 25.8. The molecule has 2 aliphatic rings. The highest BCUT2D eigenvalue weighted by molar-refractivity contribution is 5.95. The van der Waals surface area contributed by atoms with E-state index in [4.69, 9.17) is 4.74 Å². The Morgan fingerprint density at radius 3 is 2.67 bits per heavy atom. The first-order chi connectivity index (χ1) is 17.1. The summed E-state index contributed by atoms with van der Waals surface area (Å²) < 4.78 is 52.9. The van der Waals surface area contributed by atoms with Crippen LogP contribution in [0.3, 0.4) is 0 Å². The second kappa shape index (κ2) is 8.92. The van der Waals surface area contributed by atoms with Gasteiger partial charge in [-0.2, -0.15) is 0 Å². The number of rotatable bonds is 5. The zero-order valence-electron chi connectivity index (χ0n) is 20.3. The Labute approximate surface area is 206 Å². The molecule has 190 valence electrons. The normalized spacial score (nSPS) is 18.9. The molecule has 0 radical (unpaired) electrons. The van der Waals surface area contributed by atoms with Gasteiger partial charge in [-0.1, -0.05) is 6.92 Å². The number of amides is 2. The van der Waals surface area contributed by atoms with Gasteiger partial charge in [0.25, 0.3) is 5.91 Å². The number of aryl methyl sites for hydroxylation is 1. The van der Waals surface area contributed by atoms with Crippen molar-refractivity contribution >= 4 is 17.5 Å². The van der Waals surface area contributed by atoms with E-state index in [0.717, 1.165) is 18.4 Å². The van der Waals surface area contributed by atoms with Crippen LogP contribution in [0.25, 0.3) is 16.9 Å². The van der Waals surface area contributed by atoms with E-state index in [0.29, 0.717) is 37.1 Å². The number of nitrogens with zero attached hydrogens (tertiary/aromatic N) is 3. The Bertz CT molecular complexity index is 1380. The van der Waals surface area contributed by atoms with Crippen LogP contribution in [0.2, 0.25) is 0 Å². The molecule has 1 aromatic carbocycles. The monoisotopic (exact) mass is 500 g/mol. The Hall–Kier alpha value is -3.40. The van der Waals surface area contributed by atoms with Crippen LogP contribution in [0.5, 0.6) is 0 Å². The number of carbonyl (C=O) groups is 2. The minimum Gasteiger partial charge on any atom is -0.374 e. The third kappa shape index (κ3) is 4.13. The summed E-state index contributed by atoms with van der Waals surface area (Å²) >= 11 is 0. The third-order valence-corrected chi connectivity index (χ3v) is 7.11. The van der Waals surface area contributed by atoms with E-state index in [-0.39, 0.29) is 23.4 Å². The van der Waals surface area contributed by atoms with E-state index < -0.39 is 40.6 Å². The molecule has 10 heteroatoms. The van der Waals surface area contributed by atoms with Crippen LogP contribution in [0.4, 0.5) is 13.2 Å². The van der Waals surface area contributed by atoms with Crippen LogP contribution in [0.1, 0.15) is 41.4 Å². The Morgan fingerprint density at radius 1 is 1.22 bits per heavy atom. The number of morpholine rings is 1. The molecule has 1 aliphatic heterocycles. The number of carbonyl (C=O) groups excluding carboxylic acids is 2. The fraction of sp³-hybridized carbons (Fsp3) is 0.423. The molecule has 1 N–H and O–H groups in total. The highest BCUT2D eigenvalue weighted by Crippen LogP contribution is 2.46. The number of aromatic nitrogens is 2. The molecule has 1 atom stereocenters. The van der Waals surface area contributed by atoms with Gasteiger partial charge in [0.05, 0.1) is 35.2 Å². The van der Waals surface area contributed by atoms with Crippen molar-refractivity contribution in [2.45, 2.75) is 39.2 Å². The van der Waals surface area contributed by atoms with Gasteiger partial charge in [-0.05, 0) is 43.5 Å². The predicted octanol–water partition coefficient (Wildman–Crippen LogP) is 3.66. The molecule has 36 heavy (non-hydrogen) atoms. The molecule has 0 bridgehead atoms. The number of nitrogens with one attached hydrogen (secondary N) is 1. The van der Waals surface area contributed by atoms with Gasteiger partial charge < -0.3 is 19.4 Å². The zero-order valence-corrected chi connectivity index (χ0v) is 20.3. The predicted molar refractivity (Wildman–Crippen MR) is 126 cm³/mol. The first-order valence-electron chi connectivity index (χ1n) is 11.9. The molecule has 1 aliphatic carbocycles. The molecule has 0 spiro atoms. The lowest BCUT2D eigenvalue weighted by Gasteiger charge is -2.34. The third-order valence-electron chi connectivity index (χ3n) is 7.11. The number of imidazole rings is 1. The average Bonchev–Trinajstić information content (AvgIpc) is 3.53. The van der Waals surface area contributed by atoms with Gasteiger partial charge in [0, 0.05) is 38.2 Å². The van der Waals surface area contributed by atoms with Crippen LogP contribution in [-0.2, 0) is 16.0 Å². The molecular weight excluding hydrogens is 473 g/mol. The van der Waals surface area contributed by atoms with Crippen LogP contribution in [0.15, 0.2) is 24.4 Å². The summed E-state index contributed by atoms with van der Waals surface area (Å²) in [6.45, 7) is 4.98. The van der Waals surface area contributed by atoms with Crippen molar-refractivity contribution in [1.29, 1.82) is 0 Å². The van der Waals surface area contributed by atoms with E-state index in [9.17, 15) is 14.0 Å². The summed E-state index contributed by atoms with van der Waals surface area (Å²) in [4.78, 5) is 31.0. The fourth-order valence-corrected chi connectivity index (χ4v) is 4.73. The van der Waals surface area contributed by atoms with Gasteiger partial charge in [-0.25, -0.2) is 18.2 Å². The van der Waals surface area contributed by atoms with E-state index in [1.54, 1.807) is 21.6 Å². The van der Waals surface area contributed by atoms with Gasteiger partial charge in [0.15, 0.2) is 11.6 Å². The van der Waals surface area contributed by atoms with Gasteiger partial charge >= 0.3 is 0 Å². The number of halogens is 3. The standard InChI is InChI=1S/C26H27F3N4O3/c1-14-4-7-33-18(11-15-13-32(8-9-36-15)25(35)26(2)5-6-26)23(31-19(33)10-14)20-17(27)12-16(24(34)30-3)21(28)22(20)29/h4,7,10,12,15H,5-6,8-9,11,13H2,1-3H3,(H,30,34)/t15-/m0/s1. The quantitative estimate of drug-likeness (QED) is 0.543. The Kier molecular flexibility index (Phi) is 6.02. The van der Waals surface area contributed by atoms with Crippen LogP contribution in [0, 0.1) is 29.8 Å². The highest BCUT2D eigenvalue weighted by atomic mass is 19.2. The largest absolute Gasteiger partial charge is 0.374 e. The lowest BCUT2D eigenvalue weighted by Crippen LogP contribution is -2.48. The molecule has 1 saturated carbocycles. The molecular formula is C26H27F3N4O3. The van der Waals surface area contributed by atoms with Crippen molar-refractivity contribution < 1.29 is 27.5 Å². The topological polar surface area (TPSA) is 75.9 Å². The van der Waals surface area contributed by atoms with Crippen molar-refractivity contribution in [3.8, 4) is 11.3 Å². The lowest BCUT2D eigenvalue weighted by atomic mass is 10.0. The maximum absolute atomic E-state index is 15.2. The summed E-state index contributed by atoms with van der Waals surface area (Å²) in [5.41, 5.74) is -0.0168. The van der Waals surface area contributed by atoms with Crippen molar-refractivity contribution in [1.82, 2.24) is 19.6 Å².